The molecular formula is C19H25ClN4O3. The normalized spacial score (nSPS) is 21.9. The highest BCUT2D eigenvalue weighted by Gasteiger charge is 2.32. The Morgan fingerprint density at radius 2 is 1.96 bits per heavy atom. The second-order valence-corrected chi connectivity index (χ2v) is 7.06. The van der Waals surface area contributed by atoms with Crippen LogP contribution in [-0.2, 0) is 6.61 Å². The van der Waals surface area contributed by atoms with E-state index in [1.807, 2.05) is 29.2 Å². The summed E-state index contributed by atoms with van der Waals surface area (Å²) in [5.74, 6) is 2.96. The number of carbonyl (C=O) groups is 1. The van der Waals surface area contributed by atoms with Crippen molar-refractivity contribution in [2.75, 3.05) is 26.2 Å². The molecule has 2 saturated heterocycles. The highest BCUT2D eigenvalue weighted by atomic mass is 35.5. The van der Waals surface area contributed by atoms with Crippen LogP contribution < -0.4 is 10.1 Å². The van der Waals surface area contributed by atoms with E-state index in [1.165, 1.54) is 0 Å². The number of amides is 1. The third-order valence-corrected chi connectivity index (χ3v) is 5.35. The molecule has 2 aromatic rings. The van der Waals surface area contributed by atoms with Gasteiger partial charge in [-0.2, -0.15) is 4.98 Å². The highest BCUT2D eigenvalue weighted by molar-refractivity contribution is 5.97. The number of hydrogen-bond donors (Lipinski definition) is 1. The van der Waals surface area contributed by atoms with E-state index in [0.29, 0.717) is 34.9 Å². The fourth-order valence-electron chi connectivity index (χ4n) is 3.90. The summed E-state index contributed by atoms with van der Waals surface area (Å²) in [7, 11) is 0. The largest absolute Gasteiger partial charge is 0.485 e. The standard InChI is InChI=1S/C19H24N4O3.ClH/c1-13-21-18(22-26-13)12-25-17-5-3-2-4-16(17)19(24)23-8-6-14-10-20-11-15(14)7-9-23;/h2-5,14-15,20H,6-12H2,1H3;1H/t14-,15+;. The number of nitrogens with zero attached hydrogens (tertiary/aromatic N) is 3. The molecule has 2 aliphatic heterocycles. The van der Waals surface area contributed by atoms with E-state index < -0.39 is 0 Å². The van der Waals surface area contributed by atoms with Gasteiger partial charge < -0.3 is 19.5 Å². The van der Waals surface area contributed by atoms with E-state index >= 15 is 0 Å². The van der Waals surface area contributed by atoms with E-state index in [1.54, 1.807) is 6.92 Å². The first-order valence-electron chi connectivity index (χ1n) is 9.21. The summed E-state index contributed by atoms with van der Waals surface area (Å²) in [5, 5.41) is 7.30. The molecule has 7 nitrogen and oxygen atoms in total. The predicted octanol–water partition coefficient (Wildman–Crippen LogP) is 2.45. The van der Waals surface area contributed by atoms with Gasteiger partial charge in [0.1, 0.15) is 5.75 Å². The zero-order valence-electron chi connectivity index (χ0n) is 15.4. The molecule has 1 N–H and O–H groups in total. The molecule has 0 aliphatic carbocycles. The van der Waals surface area contributed by atoms with E-state index in [0.717, 1.165) is 39.0 Å². The number of rotatable bonds is 4. The summed E-state index contributed by atoms with van der Waals surface area (Å²) in [5.41, 5.74) is 0.595. The summed E-state index contributed by atoms with van der Waals surface area (Å²) in [4.78, 5) is 19.2. The molecule has 2 atom stereocenters. The lowest BCUT2D eigenvalue weighted by Gasteiger charge is -2.22. The maximum absolute atomic E-state index is 13.1. The van der Waals surface area contributed by atoms with Crippen molar-refractivity contribution >= 4 is 18.3 Å². The predicted molar refractivity (Wildman–Crippen MR) is 102 cm³/mol. The van der Waals surface area contributed by atoms with Gasteiger partial charge in [-0.15, -0.1) is 12.4 Å². The molecule has 0 unspecified atom stereocenters. The number of benzene rings is 1. The Morgan fingerprint density at radius 3 is 2.63 bits per heavy atom. The lowest BCUT2D eigenvalue weighted by molar-refractivity contribution is 0.0753. The first-order chi connectivity index (χ1) is 12.7. The fourth-order valence-corrected chi connectivity index (χ4v) is 3.90. The van der Waals surface area contributed by atoms with Crippen molar-refractivity contribution in [3.8, 4) is 5.75 Å². The summed E-state index contributed by atoms with van der Waals surface area (Å²) in [6.07, 6.45) is 2.13. The summed E-state index contributed by atoms with van der Waals surface area (Å²) < 4.78 is 10.8. The summed E-state index contributed by atoms with van der Waals surface area (Å²) >= 11 is 0. The van der Waals surface area contributed by atoms with Crippen LogP contribution in [0.15, 0.2) is 28.8 Å². The highest BCUT2D eigenvalue weighted by Crippen LogP contribution is 2.29. The van der Waals surface area contributed by atoms with Gasteiger partial charge in [0.15, 0.2) is 6.61 Å². The van der Waals surface area contributed by atoms with Crippen LogP contribution in [0, 0.1) is 18.8 Å². The van der Waals surface area contributed by atoms with Gasteiger partial charge in [-0.3, -0.25) is 4.79 Å². The van der Waals surface area contributed by atoms with Crippen LogP contribution in [0.1, 0.15) is 34.9 Å². The Hall–Kier alpha value is -2.12. The molecule has 0 radical (unpaired) electrons. The summed E-state index contributed by atoms with van der Waals surface area (Å²) in [6, 6.07) is 7.38. The molecule has 27 heavy (non-hydrogen) atoms. The Kier molecular flexibility index (Phi) is 6.34. The molecule has 3 heterocycles. The number of ether oxygens (including phenoxy) is 1. The monoisotopic (exact) mass is 392 g/mol. The van der Waals surface area contributed by atoms with Crippen molar-refractivity contribution in [3.63, 3.8) is 0 Å². The van der Waals surface area contributed by atoms with Crippen LogP contribution in [0.2, 0.25) is 0 Å². The molecule has 1 aromatic heterocycles. The maximum atomic E-state index is 13.1. The molecule has 0 bridgehead atoms. The minimum absolute atomic E-state index is 0. The Morgan fingerprint density at radius 1 is 1.26 bits per heavy atom. The van der Waals surface area contributed by atoms with Crippen molar-refractivity contribution in [1.29, 1.82) is 0 Å². The van der Waals surface area contributed by atoms with Crippen molar-refractivity contribution in [1.82, 2.24) is 20.4 Å². The van der Waals surface area contributed by atoms with Crippen LogP contribution in [0.3, 0.4) is 0 Å². The molecular weight excluding hydrogens is 368 g/mol. The minimum atomic E-state index is 0. The van der Waals surface area contributed by atoms with E-state index in [4.69, 9.17) is 9.26 Å². The van der Waals surface area contributed by atoms with E-state index in [-0.39, 0.29) is 24.9 Å². The first-order valence-corrected chi connectivity index (χ1v) is 9.21. The Balaban J connectivity index is 0.00000210. The molecule has 2 aliphatic rings. The van der Waals surface area contributed by atoms with Crippen LogP contribution in [0.4, 0.5) is 0 Å². The number of para-hydroxylation sites is 1. The Labute approximate surface area is 164 Å². The second-order valence-electron chi connectivity index (χ2n) is 7.06. The van der Waals surface area contributed by atoms with Crippen molar-refractivity contribution in [2.24, 2.45) is 11.8 Å². The van der Waals surface area contributed by atoms with Crippen molar-refractivity contribution < 1.29 is 14.1 Å². The molecule has 2 fully saturated rings. The van der Waals surface area contributed by atoms with Crippen LogP contribution in [0.25, 0.3) is 0 Å². The number of halogens is 1. The van der Waals surface area contributed by atoms with E-state index in [2.05, 4.69) is 15.5 Å². The third-order valence-electron chi connectivity index (χ3n) is 5.35. The lowest BCUT2D eigenvalue weighted by atomic mass is 9.92. The van der Waals surface area contributed by atoms with Gasteiger partial charge in [0.2, 0.25) is 11.7 Å². The molecule has 1 amide bonds. The molecule has 146 valence electrons. The van der Waals surface area contributed by atoms with Gasteiger partial charge in [0.25, 0.3) is 5.91 Å². The number of nitrogens with one attached hydrogen (secondary N) is 1. The molecule has 0 spiro atoms. The fraction of sp³-hybridized carbons (Fsp3) is 0.526. The zero-order chi connectivity index (χ0) is 17.9. The molecule has 4 rings (SSSR count). The smallest absolute Gasteiger partial charge is 0.257 e. The number of carbonyl (C=O) groups excluding carboxylic acids is 1. The van der Waals surface area contributed by atoms with Crippen LogP contribution in [0.5, 0.6) is 5.75 Å². The van der Waals surface area contributed by atoms with Gasteiger partial charge in [0.05, 0.1) is 5.56 Å². The van der Waals surface area contributed by atoms with Gasteiger partial charge in [-0.25, -0.2) is 0 Å². The van der Waals surface area contributed by atoms with E-state index in [9.17, 15) is 4.79 Å². The van der Waals surface area contributed by atoms with Crippen molar-refractivity contribution in [2.45, 2.75) is 26.4 Å². The van der Waals surface area contributed by atoms with Gasteiger partial charge in [-0.05, 0) is 49.9 Å². The van der Waals surface area contributed by atoms with Gasteiger partial charge in [-0.1, -0.05) is 17.3 Å². The number of fused-ring (bicyclic) bond motifs is 1. The average molecular weight is 393 g/mol. The average Bonchev–Trinajstić information content (AvgIpc) is 3.24. The maximum Gasteiger partial charge on any atom is 0.257 e. The summed E-state index contributed by atoms with van der Waals surface area (Å²) in [6.45, 7) is 5.68. The lowest BCUT2D eigenvalue weighted by Crippen LogP contribution is -2.33. The van der Waals surface area contributed by atoms with Crippen molar-refractivity contribution in [3.05, 3.63) is 41.5 Å². The van der Waals surface area contributed by atoms with Gasteiger partial charge in [0, 0.05) is 20.0 Å². The SMILES string of the molecule is Cc1nc(COc2ccccc2C(=O)N2CC[C@@H]3CNC[C@@H]3CC2)no1.Cl. The quantitative estimate of drug-likeness (QED) is 0.860. The zero-order valence-corrected chi connectivity index (χ0v) is 16.2. The number of aryl methyl sites for hydroxylation is 1. The topological polar surface area (TPSA) is 80.5 Å². The van der Waals surface area contributed by atoms with Crippen LogP contribution in [-0.4, -0.2) is 47.1 Å². The number of likely N-dealkylation sites (tertiary alicyclic amines) is 1. The minimum Gasteiger partial charge on any atom is -0.485 e. The number of hydrogen-bond acceptors (Lipinski definition) is 6. The molecule has 0 saturated carbocycles. The second kappa shape index (κ2) is 8.71. The van der Waals surface area contributed by atoms with Crippen LogP contribution >= 0.6 is 12.4 Å². The first kappa shape index (κ1) is 19.6. The number of aromatic nitrogens is 2. The van der Waals surface area contributed by atoms with Gasteiger partial charge >= 0.3 is 0 Å². The Bertz CT molecular complexity index is 768. The molecule has 1 aromatic carbocycles. The third kappa shape index (κ3) is 4.42. The molecule has 8 heteroatoms.